The fraction of sp³-hybridized carbons (Fsp3) is 0.692. The Kier molecular flexibility index (Phi) is 7.12. The molecule has 0 amide bonds. The number of halogens is 4. The Morgan fingerprint density at radius 2 is 1.92 bits per heavy atom. The minimum absolute atomic E-state index is 0. The van der Waals surface area contributed by atoms with E-state index >= 15 is 0 Å². The molecule has 11 heteroatoms. The minimum atomic E-state index is -4.51. The van der Waals surface area contributed by atoms with Crippen LogP contribution in [0.1, 0.15) is 11.5 Å². The van der Waals surface area contributed by atoms with E-state index in [9.17, 15) is 21.6 Å². The molecule has 0 bridgehead atoms. The predicted octanol–water partition coefficient (Wildman–Crippen LogP) is 1.43. The number of furan rings is 1. The first kappa shape index (κ1) is 21.2. The van der Waals surface area contributed by atoms with Gasteiger partial charge in [0, 0.05) is 32.7 Å². The number of hydrogen-bond acceptors (Lipinski definition) is 5. The van der Waals surface area contributed by atoms with Gasteiger partial charge in [0.15, 0.2) is 0 Å². The van der Waals surface area contributed by atoms with E-state index in [1.54, 1.807) is 6.92 Å². The normalized spacial score (nSPS) is 18.2. The quantitative estimate of drug-likeness (QED) is 0.794. The molecule has 1 aromatic heterocycles. The van der Waals surface area contributed by atoms with Crippen LogP contribution >= 0.6 is 12.4 Å². The monoisotopic (exact) mass is 391 g/mol. The van der Waals surface area contributed by atoms with Crippen LogP contribution in [0, 0.1) is 13.8 Å². The second-order valence-corrected chi connectivity index (χ2v) is 7.21. The van der Waals surface area contributed by atoms with Crippen molar-refractivity contribution in [1.82, 2.24) is 14.9 Å². The molecule has 1 aromatic rings. The summed E-state index contributed by atoms with van der Waals surface area (Å²) in [6.45, 7) is 3.63. The first-order valence-electron chi connectivity index (χ1n) is 7.19. The number of piperazine rings is 1. The number of nitrogens with one attached hydrogen (secondary N) is 2. The molecule has 2 N–H and O–H groups in total. The predicted molar refractivity (Wildman–Crippen MR) is 84.9 cm³/mol. The van der Waals surface area contributed by atoms with E-state index in [4.69, 9.17) is 4.42 Å². The largest absolute Gasteiger partial charge is 0.465 e. The van der Waals surface area contributed by atoms with Crippen molar-refractivity contribution in [1.29, 1.82) is 0 Å². The van der Waals surface area contributed by atoms with Crippen molar-refractivity contribution in [2.24, 2.45) is 0 Å². The lowest BCUT2D eigenvalue weighted by Crippen LogP contribution is -2.57. The summed E-state index contributed by atoms with van der Waals surface area (Å²) in [7, 11) is -4.05. The van der Waals surface area contributed by atoms with Gasteiger partial charge in [0.1, 0.15) is 22.5 Å². The first-order chi connectivity index (χ1) is 10.6. The number of rotatable bonds is 5. The number of nitrogens with zero attached hydrogens (tertiary/aromatic N) is 1. The zero-order valence-corrected chi connectivity index (χ0v) is 14.9. The molecular weight excluding hydrogens is 371 g/mol. The highest BCUT2D eigenvalue weighted by Crippen LogP contribution is 2.26. The molecule has 0 aliphatic carbocycles. The zero-order valence-electron chi connectivity index (χ0n) is 13.3. The standard InChI is InChI=1S/C13H20F3N3O3S.ClH/c1-9-7-11(10(2)22-9)23(20,21)18-8-12(13(14,15)16)19-5-3-17-4-6-19;/h7,12,17-18H,3-6,8H2,1-2H3;1H. The lowest BCUT2D eigenvalue weighted by Gasteiger charge is -2.35. The lowest BCUT2D eigenvalue weighted by molar-refractivity contribution is -0.182. The van der Waals surface area contributed by atoms with Gasteiger partial charge in [-0.3, -0.25) is 4.90 Å². The summed E-state index contributed by atoms with van der Waals surface area (Å²) < 4.78 is 71.4. The van der Waals surface area contributed by atoms with Crippen LogP contribution in [0.25, 0.3) is 0 Å². The summed E-state index contributed by atoms with van der Waals surface area (Å²) in [5.41, 5.74) is 0. The number of sulfonamides is 1. The van der Waals surface area contributed by atoms with Crippen LogP contribution in [0.5, 0.6) is 0 Å². The summed E-state index contributed by atoms with van der Waals surface area (Å²) in [6, 6.07) is -0.557. The molecule has 2 rings (SSSR count). The Labute approximate surface area is 145 Å². The molecule has 140 valence electrons. The summed E-state index contributed by atoms with van der Waals surface area (Å²) >= 11 is 0. The summed E-state index contributed by atoms with van der Waals surface area (Å²) in [6.07, 6.45) is -4.51. The van der Waals surface area contributed by atoms with Crippen LogP contribution in [-0.4, -0.2) is 58.3 Å². The van der Waals surface area contributed by atoms with Crippen molar-refractivity contribution in [2.45, 2.75) is 31.0 Å². The molecule has 0 aromatic carbocycles. The average molecular weight is 392 g/mol. The second kappa shape index (κ2) is 8.05. The third-order valence-corrected chi connectivity index (χ3v) is 5.25. The fourth-order valence-corrected chi connectivity index (χ4v) is 3.86. The molecule has 1 unspecified atom stereocenters. The second-order valence-electron chi connectivity index (χ2n) is 5.47. The molecule has 0 spiro atoms. The van der Waals surface area contributed by atoms with Gasteiger partial charge in [-0.2, -0.15) is 13.2 Å². The molecular formula is C13H21ClF3N3O3S. The number of alkyl halides is 3. The van der Waals surface area contributed by atoms with Crippen molar-refractivity contribution in [2.75, 3.05) is 32.7 Å². The third kappa shape index (κ3) is 5.09. The van der Waals surface area contributed by atoms with Crippen LogP contribution in [0.2, 0.25) is 0 Å². The average Bonchev–Trinajstić information content (AvgIpc) is 2.78. The smallest absolute Gasteiger partial charge is 0.405 e. The number of hydrogen-bond donors (Lipinski definition) is 2. The highest BCUT2D eigenvalue weighted by Gasteiger charge is 2.44. The van der Waals surface area contributed by atoms with Gasteiger partial charge >= 0.3 is 6.18 Å². The van der Waals surface area contributed by atoms with Crippen LogP contribution < -0.4 is 10.0 Å². The highest BCUT2D eigenvalue weighted by molar-refractivity contribution is 7.89. The zero-order chi connectivity index (χ0) is 17.3. The van der Waals surface area contributed by atoms with E-state index in [-0.39, 0.29) is 36.2 Å². The van der Waals surface area contributed by atoms with Crippen LogP contribution in [0.15, 0.2) is 15.4 Å². The van der Waals surface area contributed by atoms with E-state index in [1.807, 2.05) is 0 Å². The van der Waals surface area contributed by atoms with Gasteiger partial charge < -0.3 is 9.73 Å². The van der Waals surface area contributed by atoms with Crippen molar-refractivity contribution >= 4 is 22.4 Å². The molecule has 6 nitrogen and oxygen atoms in total. The van der Waals surface area contributed by atoms with Gasteiger partial charge in [-0.05, 0) is 19.9 Å². The van der Waals surface area contributed by atoms with Gasteiger partial charge in [-0.25, -0.2) is 13.1 Å². The molecule has 1 aliphatic heterocycles. The van der Waals surface area contributed by atoms with Crippen LogP contribution in [-0.2, 0) is 10.0 Å². The molecule has 24 heavy (non-hydrogen) atoms. The van der Waals surface area contributed by atoms with Crippen molar-refractivity contribution in [3.63, 3.8) is 0 Å². The number of aryl methyl sites for hydroxylation is 2. The Morgan fingerprint density at radius 1 is 1.33 bits per heavy atom. The molecule has 1 fully saturated rings. The van der Waals surface area contributed by atoms with E-state index in [0.717, 1.165) is 0 Å². The summed E-state index contributed by atoms with van der Waals surface area (Å²) in [4.78, 5) is 1.11. The lowest BCUT2D eigenvalue weighted by atomic mass is 10.2. The maximum atomic E-state index is 13.3. The summed E-state index contributed by atoms with van der Waals surface area (Å²) in [5.74, 6) is 0.540. The van der Waals surface area contributed by atoms with E-state index in [0.29, 0.717) is 18.8 Å². The van der Waals surface area contributed by atoms with Gasteiger partial charge in [0.05, 0.1) is 0 Å². The Bertz CT molecular complexity index is 643. The Hall–Kier alpha value is -0.810. The Morgan fingerprint density at radius 3 is 2.38 bits per heavy atom. The molecule has 0 radical (unpaired) electrons. The fourth-order valence-electron chi connectivity index (χ4n) is 2.59. The molecule has 0 saturated carbocycles. The third-order valence-electron chi connectivity index (χ3n) is 3.72. The van der Waals surface area contributed by atoms with E-state index < -0.39 is 28.8 Å². The van der Waals surface area contributed by atoms with Crippen LogP contribution in [0.4, 0.5) is 13.2 Å². The minimum Gasteiger partial charge on any atom is -0.465 e. The van der Waals surface area contributed by atoms with Crippen molar-refractivity contribution in [3.05, 3.63) is 17.6 Å². The van der Waals surface area contributed by atoms with Gasteiger partial charge in [-0.15, -0.1) is 12.4 Å². The van der Waals surface area contributed by atoms with E-state index in [2.05, 4.69) is 10.0 Å². The maximum absolute atomic E-state index is 13.3. The SMILES string of the molecule is Cc1cc(S(=O)(=O)NCC(N2CCNCC2)C(F)(F)F)c(C)o1.Cl. The van der Waals surface area contributed by atoms with Crippen LogP contribution in [0.3, 0.4) is 0 Å². The highest BCUT2D eigenvalue weighted by atomic mass is 35.5. The van der Waals surface area contributed by atoms with Gasteiger partial charge in [0.2, 0.25) is 10.0 Å². The molecule has 2 heterocycles. The summed E-state index contributed by atoms with van der Waals surface area (Å²) in [5, 5.41) is 2.97. The molecule has 1 saturated heterocycles. The first-order valence-corrected chi connectivity index (χ1v) is 8.68. The molecule has 1 atom stereocenters. The molecule has 1 aliphatic rings. The van der Waals surface area contributed by atoms with E-state index in [1.165, 1.54) is 17.9 Å². The van der Waals surface area contributed by atoms with Gasteiger partial charge in [0.25, 0.3) is 0 Å². The van der Waals surface area contributed by atoms with Crippen molar-refractivity contribution < 1.29 is 26.0 Å². The topological polar surface area (TPSA) is 74.6 Å². The van der Waals surface area contributed by atoms with Crippen molar-refractivity contribution in [3.8, 4) is 0 Å². The Balaban J connectivity index is 0.00000288. The van der Waals surface area contributed by atoms with Gasteiger partial charge in [-0.1, -0.05) is 0 Å². The maximum Gasteiger partial charge on any atom is 0.405 e.